The van der Waals surface area contributed by atoms with Crippen LogP contribution in [0.4, 0.5) is 10.5 Å². The Bertz CT molecular complexity index is 1070. The van der Waals surface area contributed by atoms with Crippen LogP contribution < -0.4 is 10.6 Å². The van der Waals surface area contributed by atoms with Crippen molar-refractivity contribution in [2.24, 2.45) is 0 Å². The quantitative estimate of drug-likeness (QED) is 0.375. The number of nitrogens with one attached hydrogen (secondary N) is 2. The van der Waals surface area contributed by atoms with E-state index in [-0.39, 0.29) is 34.2 Å². The maximum absolute atomic E-state index is 12.9. The van der Waals surface area contributed by atoms with Crippen molar-refractivity contribution in [1.82, 2.24) is 5.32 Å². The zero-order valence-electron chi connectivity index (χ0n) is 25.8. The Kier molecular flexibility index (Phi) is 9.51. The van der Waals surface area contributed by atoms with Crippen LogP contribution >= 0.6 is 0 Å². The summed E-state index contributed by atoms with van der Waals surface area (Å²) in [5, 5.41) is 5.86. The molecule has 2 amide bonds. The lowest BCUT2D eigenvalue weighted by Crippen LogP contribution is -2.27. The lowest BCUT2D eigenvalue weighted by atomic mass is 9.79. The summed E-state index contributed by atoms with van der Waals surface area (Å²) in [6, 6.07) is 12.4. The maximum atomic E-state index is 12.9. The molecule has 38 heavy (non-hydrogen) atoms. The minimum Gasteiger partial charge on any atom is -0.449 e. The Morgan fingerprint density at radius 1 is 0.632 bits per heavy atom. The van der Waals surface area contributed by atoms with Crippen LogP contribution in [0.3, 0.4) is 0 Å². The first-order valence-corrected chi connectivity index (χ1v) is 13.7. The van der Waals surface area contributed by atoms with Crippen LogP contribution in [-0.2, 0) is 26.4 Å². The second-order valence-corrected chi connectivity index (χ2v) is 14.5. The number of carbonyl (C=O) groups is 2. The van der Waals surface area contributed by atoms with E-state index in [4.69, 9.17) is 4.74 Å². The monoisotopic (exact) mass is 522 g/mol. The number of hydrogen-bond acceptors (Lipinski definition) is 3. The summed E-state index contributed by atoms with van der Waals surface area (Å²) >= 11 is 0. The number of benzene rings is 2. The third kappa shape index (κ3) is 9.18. The van der Waals surface area contributed by atoms with E-state index in [0.717, 1.165) is 27.9 Å². The first-order chi connectivity index (χ1) is 17.2. The van der Waals surface area contributed by atoms with Crippen LogP contribution in [0.15, 0.2) is 36.4 Å². The standard InChI is InChI=1S/C33H50N2O3/c1-30(2,3)23-16-22(17-24(18-23)31(4,5)6)28(36)34-14-13-15-38-29(37)35-27-20-25(32(7,8)9)19-26(21-27)33(10,11)12/h16-21H,13-15H2,1-12H3,(H,34,36)(H,35,37). The molecule has 0 aromatic heterocycles. The molecule has 210 valence electrons. The predicted octanol–water partition coefficient (Wildman–Crippen LogP) is 8.25. The summed E-state index contributed by atoms with van der Waals surface area (Å²) in [5.74, 6) is -0.111. The van der Waals surface area contributed by atoms with Crippen molar-refractivity contribution in [3.8, 4) is 0 Å². The van der Waals surface area contributed by atoms with Gasteiger partial charge in [-0.25, -0.2) is 4.79 Å². The lowest BCUT2D eigenvalue weighted by molar-refractivity contribution is 0.0950. The van der Waals surface area contributed by atoms with Gasteiger partial charge in [-0.15, -0.1) is 0 Å². The summed E-state index contributed by atoms with van der Waals surface area (Å²) in [7, 11) is 0. The Balaban J connectivity index is 1.96. The summed E-state index contributed by atoms with van der Waals surface area (Å²) in [6.45, 7) is 26.5. The Morgan fingerprint density at radius 2 is 1.03 bits per heavy atom. The highest BCUT2D eigenvalue weighted by Gasteiger charge is 2.23. The van der Waals surface area contributed by atoms with Crippen LogP contribution in [0.1, 0.15) is 122 Å². The second kappa shape index (κ2) is 11.5. The van der Waals surface area contributed by atoms with Gasteiger partial charge in [0, 0.05) is 17.8 Å². The van der Waals surface area contributed by atoms with E-state index in [1.54, 1.807) is 0 Å². The molecule has 0 fully saturated rings. The minimum atomic E-state index is -0.491. The van der Waals surface area contributed by atoms with Gasteiger partial charge in [0.25, 0.3) is 5.91 Å². The number of amides is 2. The molecule has 2 rings (SSSR count). The first-order valence-electron chi connectivity index (χ1n) is 13.7. The van der Waals surface area contributed by atoms with Gasteiger partial charge < -0.3 is 10.1 Å². The fourth-order valence-electron chi connectivity index (χ4n) is 3.89. The molecule has 5 nitrogen and oxygen atoms in total. The zero-order chi connectivity index (χ0) is 29.1. The van der Waals surface area contributed by atoms with Crippen molar-refractivity contribution >= 4 is 17.7 Å². The topological polar surface area (TPSA) is 67.4 Å². The van der Waals surface area contributed by atoms with Gasteiger partial charge in [-0.05, 0) is 74.6 Å². The molecule has 2 aromatic carbocycles. The van der Waals surface area contributed by atoms with Crippen molar-refractivity contribution in [2.45, 2.75) is 111 Å². The van der Waals surface area contributed by atoms with E-state index in [2.05, 4.69) is 106 Å². The molecule has 0 saturated carbocycles. The largest absolute Gasteiger partial charge is 0.449 e. The minimum absolute atomic E-state index is 0.0418. The van der Waals surface area contributed by atoms with E-state index < -0.39 is 6.09 Å². The van der Waals surface area contributed by atoms with Gasteiger partial charge in [0.05, 0.1) is 6.61 Å². The molecule has 0 aliphatic heterocycles. The predicted molar refractivity (Wildman–Crippen MR) is 160 cm³/mol. The number of hydrogen-bond donors (Lipinski definition) is 2. The first kappa shape index (κ1) is 31.4. The third-order valence-electron chi connectivity index (χ3n) is 6.68. The Labute approximate surface area is 231 Å². The van der Waals surface area contributed by atoms with Gasteiger partial charge in [0.2, 0.25) is 0 Å². The molecule has 0 bridgehead atoms. The molecule has 0 aliphatic carbocycles. The van der Waals surface area contributed by atoms with Crippen molar-refractivity contribution in [1.29, 1.82) is 0 Å². The highest BCUT2D eigenvalue weighted by Crippen LogP contribution is 2.32. The highest BCUT2D eigenvalue weighted by molar-refractivity contribution is 5.94. The van der Waals surface area contributed by atoms with E-state index in [1.807, 2.05) is 24.3 Å². The molecule has 0 unspecified atom stereocenters. The molecular weight excluding hydrogens is 472 g/mol. The second-order valence-electron chi connectivity index (χ2n) is 14.5. The Morgan fingerprint density at radius 3 is 1.42 bits per heavy atom. The van der Waals surface area contributed by atoms with Gasteiger partial charge in [-0.1, -0.05) is 95.2 Å². The number of anilines is 1. The summed E-state index contributed by atoms with van der Waals surface area (Å²) in [5.41, 5.74) is 5.79. The van der Waals surface area contributed by atoms with E-state index in [1.165, 1.54) is 0 Å². The van der Waals surface area contributed by atoms with Crippen molar-refractivity contribution in [2.75, 3.05) is 18.5 Å². The maximum Gasteiger partial charge on any atom is 0.411 e. The highest BCUT2D eigenvalue weighted by atomic mass is 16.5. The summed E-state index contributed by atoms with van der Waals surface area (Å²) in [6.07, 6.45) is 0.0365. The molecule has 0 aliphatic rings. The molecule has 0 radical (unpaired) electrons. The van der Waals surface area contributed by atoms with Gasteiger partial charge in [0.15, 0.2) is 0 Å². The van der Waals surface area contributed by atoms with E-state index >= 15 is 0 Å². The summed E-state index contributed by atoms with van der Waals surface area (Å²) < 4.78 is 5.41. The molecule has 5 heteroatoms. The van der Waals surface area contributed by atoms with Crippen LogP contribution in [0, 0.1) is 0 Å². The van der Waals surface area contributed by atoms with Gasteiger partial charge >= 0.3 is 6.09 Å². The number of carbonyl (C=O) groups excluding carboxylic acids is 2. The fourth-order valence-corrected chi connectivity index (χ4v) is 3.89. The smallest absolute Gasteiger partial charge is 0.411 e. The molecule has 2 N–H and O–H groups in total. The van der Waals surface area contributed by atoms with E-state index in [0.29, 0.717) is 18.5 Å². The molecule has 0 saturated heterocycles. The van der Waals surface area contributed by atoms with Gasteiger partial charge in [-0.3, -0.25) is 10.1 Å². The normalized spacial score (nSPS) is 12.7. The number of rotatable bonds is 6. The summed E-state index contributed by atoms with van der Waals surface area (Å²) in [4.78, 5) is 25.4. The molecular formula is C33H50N2O3. The molecule has 0 spiro atoms. The van der Waals surface area contributed by atoms with Crippen molar-refractivity contribution < 1.29 is 14.3 Å². The van der Waals surface area contributed by atoms with Gasteiger partial charge in [-0.2, -0.15) is 0 Å². The SMILES string of the molecule is CC(C)(C)c1cc(NC(=O)OCCCNC(=O)c2cc(C(C)(C)C)cc(C(C)(C)C)c2)cc(C(C)(C)C)c1. The molecule has 0 heterocycles. The average Bonchev–Trinajstić information content (AvgIpc) is 2.75. The van der Waals surface area contributed by atoms with Gasteiger partial charge in [0.1, 0.15) is 0 Å². The lowest BCUT2D eigenvalue weighted by Gasteiger charge is -2.26. The zero-order valence-corrected chi connectivity index (χ0v) is 25.8. The Hall–Kier alpha value is -2.82. The van der Waals surface area contributed by atoms with Crippen molar-refractivity contribution in [3.63, 3.8) is 0 Å². The van der Waals surface area contributed by atoms with Crippen molar-refractivity contribution in [3.05, 3.63) is 64.2 Å². The van der Waals surface area contributed by atoms with Crippen LogP contribution in [0.25, 0.3) is 0 Å². The van der Waals surface area contributed by atoms with Crippen LogP contribution in [0.2, 0.25) is 0 Å². The molecule has 0 atom stereocenters. The number of ether oxygens (including phenoxy) is 1. The van der Waals surface area contributed by atoms with Crippen LogP contribution in [0.5, 0.6) is 0 Å². The average molecular weight is 523 g/mol. The van der Waals surface area contributed by atoms with E-state index in [9.17, 15) is 9.59 Å². The third-order valence-corrected chi connectivity index (χ3v) is 6.68. The fraction of sp³-hybridized carbons (Fsp3) is 0.576. The van der Waals surface area contributed by atoms with Crippen LogP contribution in [-0.4, -0.2) is 25.2 Å². The molecule has 2 aromatic rings.